The van der Waals surface area contributed by atoms with Crippen molar-refractivity contribution >= 4 is 22.9 Å². The molecule has 1 aromatic carbocycles. The van der Waals surface area contributed by atoms with Gasteiger partial charge in [-0.1, -0.05) is 50.5 Å². The van der Waals surface area contributed by atoms with Crippen molar-refractivity contribution in [1.82, 2.24) is 0 Å². The number of unbranched alkanes of at least 4 members (excludes halogenated alkanes) is 2. The maximum atomic E-state index is 11.9. The third-order valence-electron chi connectivity index (χ3n) is 6.46. The first-order valence-corrected chi connectivity index (χ1v) is 13.2. The lowest BCUT2D eigenvalue weighted by Crippen LogP contribution is -2.06. The molecule has 1 aliphatic carbocycles. The van der Waals surface area contributed by atoms with E-state index in [0.717, 1.165) is 84.9 Å². The second-order valence-corrected chi connectivity index (χ2v) is 10.1. The van der Waals surface area contributed by atoms with Gasteiger partial charge in [-0.3, -0.25) is 0 Å². The second kappa shape index (κ2) is 13.4. The number of thiophene rings is 1. The van der Waals surface area contributed by atoms with E-state index in [-0.39, 0.29) is 19.2 Å². The number of aliphatic hydroxyl groups is 2. The molecule has 1 unspecified atom stereocenters. The first-order chi connectivity index (χ1) is 16.6. The Labute approximate surface area is 206 Å². The predicted molar refractivity (Wildman–Crippen MR) is 135 cm³/mol. The maximum Gasteiger partial charge on any atom is 0.348 e. The summed E-state index contributed by atoms with van der Waals surface area (Å²) in [7, 11) is 0. The Morgan fingerprint density at radius 1 is 1.21 bits per heavy atom. The summed E-state index contributed by atoms with van der Waals surface area (Å²) < 4.78 is 4.98. The van der Waals surface area contributed by atoms with Gasteiger partial charge >= 0.3 is 5.97 Å². The summed E-state index contributed by atoms with van der Waals surface area (Å²) in [6.07, 6.45) is 8.32. The Kier molecular flexibility index (Phi) is 10.3. The Bertz CT molecular complexity index is 1000. The monoisotopic (exact) mass is 481 g/mol. The van der Waals surface area contributed by atoms with E-state index in [9.17, 15) is 15.2 Å². The maximum absolute atomic E-state index is 11.9. The van der Waals surface area contributed by atoms with Gasteiger partial charge in [0.1, 0.15) is 11.5 Å². The molecule has 1 aromatic heterocycles. The van der Waals surface area contributed by atoms with Crippen LogP contribution in [-0.2, 0) is 11.2 Å². The molecular formula is C28H35NO4S. The molecule has 0 fully saturated rings. The Morgan fingerprint density at radius 2 is 2.00 bits per heavy atom. The van der Waals surface area contributed by atoms with Crippen molar-refractivity contribution in [3.63, 3.8) is 0 Å². The number of rotatable bonds is 13. The minimum absolute atomic E-state index is 0.0167. The van der Waals surface area contributed by atoms with Crippen molar-refractivity contribution in [1.29, 1.82) is 5.26 Å². The normalized spacial score (nSPS) is 16.5. The van der Waals surface area contributed by atoms with E-state index >= 15 is 0 Å². The molecule has 0 bridgehead atoms. The number of hydrogen-bond acceptors (Lipinski definition) is 6. The fraction of sp³-hybridized carbons (Fsp3) is 0.500. The molecule has 0 amide bonds. The number of carbonyl (C=O) groups is 1. The number of aliphatic hydroxyl groups excluding tert-OH is 2. The molecule has 0 saturated carbocycles. The lowest BCUT2D eigenvalue weighted by molar-refractivity contribution is 0.0439. The van der Waals surface area contributed by atoms with E-state index in [1.165, 1.54) is 11.3 Å². The number of nitriles is 1. The summed E-state index contributed by atoms with van der Waals surface area (Å²) in [6.45, 7) is 2.01. The summed E-state index contributed by atoms with van der Waals surface area (Å²) in [6, 6.07) is 14.3. The van der Waals surface area contributed by atoms with Crippen LogP contribution < -0.4 is 0 Å². The number of aryl methyl sites for hydroxylation is 1. The lowest BCUT2D eigenvalue weighted by Gasteiger charge is -2.17. The molecule has 1 aliphatic rings. The smallest absolute Gasteiger partial charge is 0.348 e. The van der Waals surface area contributed by atoms with Crippen LogP contribution in [0.4, 0.5) is 0 Å². The zero-order valence-electron chi connectivity index (χ0n) is 20.0. The van der Waals surface area contributed by atoms with Crippen LogP contribution >= 0.6 is 11.3 Å². The number of esters is 1. The van der Waals surface area contributed by atoms with Gasteiger partial charge in [-0.15, -0.1) is 11.3 Å². The minimum Gasteiger partial charge on any atom is -0.459 e. The summed E-state index contributed by atoms with van der Waals surface area (Å²) in [4.78, 5) is 13.6. The van der Waals surface area contributed by atoms with Gasteiger partial charge in [0.05, 0.1) is 18.8 Å². The van der Waals surface area contributed by atoms with Crippen LogP contribution in [-0.4, -0.2) is 29.4 Å². The first kappa shape index (κ1) is 26.2. The van der Waals surface area contributed by atoms with Gasteiger partial charge in [-0.25, -0.2) is 4.79 Å². The van der Waals surface area contributed by atoms with Gasteiger partial charge in [0.25, 0.3) is 0 Å². The number of allylic oxidation sites excluding steroid dienone is 2. The number of ether oxygens (including phenoxy) is 1. The molecule has 0 spiro atoms. The molecule has 6 heteroatoms. The molecule has 34 heavy (non-hydrogen) atoms. The number of nitrogens with zero attached hydrogens (tertiary/aromatic N) is 1. The van der Waals surface area contributed by atoms with Crippen molar-refractivity contribution in [2.45, 2.75) is 70.8 Å². The summed E-state index contributed by atoms with van der Waals surface area (Å²) >= 11 is 1.44. The highest BCUT2D eigenvalue weighted by molar-refractivity contribution is 7.13. The zero-order chi connectivity index (χ0) is 24.3. The molecule has 182 valence electrons. The van der Waals surface area contributed by atoms with Crippen LogP contribution in [0.3, 0.4) is 0 Å². The van der Waals surface area contributed by atoms with E-state index in [1.54, 1.807) is 6.07 Å². The van der Waals surface area contributed by atoms with Crippen LogP contribution in [0.25, 0.3) is 5.57 Å². The fourth-order valence-corrected chi connectivity index (χ4v) is 5.60. The predicted octanol–water partition coefficient (Wildman–Crippen LogP) is 6.22. The highest BCUT2D eigenvalue weighted by Gasteiger charge is 2.26. The SMILES string of the molecule is CCCCCC(O)c1ccc(C2=C(C#N)CC[C@@H]2CCCc2ccc(C(=O)OCCO)s2)cc1. The third kappa shape index (κ3) is 7.02. The Balaban J connectivity index is 1.59. The molecule has 0 saturated heterocycles. The van der Waals surface area contributed by atoms with E-state index in [2.05, 4.69) is 25.1 Å². The van der Waals surface area contributed by atoms with Crippen LogP contribution in [0, 0.1) is 17.2 Å². The molecule has 1 heterocycles. The average molecular weight is 482 g/mol. The largest absolute Gasteiger partial charge is 0.459 e. The molecular weight excluding hydrogens is 446 g/mol. The van der Waals surface area contributed by atoms with Gasteiger partial charge in [0, 0.05) is 10.5 Å². The Morgan fingerprint density at radius 3 is 2.71 bits per heavy atom. The van der Waals surface area contributed by atoms with Gasteiger partial charge in [0.2, 0.25) is 0 Å². The third-order valence-corrected chi connectivity index (χ3v) is 7.59. The minimum atomic E-state index is -0.430. The standard InChI is InChI=1S/C28H35NO4S/c1-2-3-4-8-25(31)20-9-11-22(12-10-20)27-21(13-14-23(27)19-29)6-5-7-24-15-16-26(34-24)28(32)33-18-17-30/h9-12,15-16,21,25,30-31H,2-8,13-14,17-18H2,1H3/t21-,25?/m0/s1. The summed E-state index contributed by atoms with van der Waals surface area (Å²) in [5.41, 5.74) is 4.08. The molecule has 0 aliphatic heterocycles. The lowest BCUT2D eigenvalue weighted by atomic mass is 9.88. The average Bonchev–Trinajstić information content (AvgIpc) is 3.50. The molecule has 2 N–H and O–H groups in total. The quantitative estimate of drug-likeness (QED) is 0.262. The van der Waals surface area contributed by atoms with E-state index < -0.39 is 6.10 Å². The molecule has 3 rings (SSSR count). The molecule has 2 aromatic rings. The van der Waals surface area contributed by atoms with Gasteiger partial charge in [-0.2, -0.15) is 5.26 Å². The number of carbonyl (C=O) groups excluding carboxylic acids is 1. The topological polar surface area (TPSA) is 90.5 Å². The summed E-state index contributed by atoms with van der Waals surface area (Å²) in [5.74, 6) is -0.0344. The second-order valence-electron chi connectivity index (χ2n) is 8.89. The highest BCUT2D eigenvalue weighted by Crippen LogP contribution is 2.41. The van der Waals surface area contributed by atoms with Gasteiger partial charge in [0.15, 0.2) is 0 Å². The molecule has 2 atom stereocenters. The van der Waals surface area contributed by atoms with Gasteiger partial charge < -0.3 is 14.9 Å². The van der Waals surface area contributed by atoms with Crippen molar-refractivity contribution in [3.8, 4) is 6.07 Å². The number of hydrogen-bond donors (Lipinski definition) is 2. The van der Waals surface area contributed by atoms with Crippen LogP contribution in [0.1, 0.15) is 90.1 Å². The first-order valence-electron chi connectivity index (χ1n) is 12.4. The van der Waals surface area contributed by atoms with Crippen molar-refractivity contribution in [3.05, 3.63) is 62.9 Å². The van der Waals surface area contributed by atoms with E-state index in [0.29, 0.717) is 10.8 Å². The van der Waals surface area contributed by atoms with Crippen LogP contribution in [0.15, 0.2) is 42.0 Å². The zero-order valence-corrected chi connectivity index (χ0v) is 20.8. The van der Waals surface area contributed by atoms with Crippen LogP contribution in [0.2, 0.25) is 0 Å². The van der Waals surface area contributed by atoms with E-state index in [1.807, 2.05) is 18.2 Å². The van der Waals surface area contributed by atoms with Crippen molar-refractivity contribution in [2.75, 3.05) is 13.2 Å². The van der Waals surface area contributed by atoms with E-state index in [4.69, 9.17) is 9.84 Å². The highest BCUT2D eigenvalue weighted by atomic mass is 32.1. The Hall–Kier alpha value is -2.46. The number of benzene rings is 1. The fourth-order valence-electron chi connectivity index (χ4n) is 4.65. The van der Waals surface area contributed by atoms with Crippen molar-refractivity contribution in [2.24, 2.45) is 5.92 Å². The van der Waals surface area contributed by atoms with Gasteiger partial charge in [-0.05, 0) is 73.3 Å². The van der Waals surface area contributed by atoms with Crippen LogP contribution in [0.5, 0.6) is 0 Å². The summed E-state index contributed by atoms with van der Waals surface area (Å²) in [5, 5.41) is 28.9. The molecule has 0 radical (unpaired) electrons. The van der Waals surface area contributed by atoms with Crippen molar-refractivity contribution < 1.29 is 19.7 Å². The molecule has 5 nitrogen and oxygen atoms in total.